The molecule has 9 nitrogen and oxygen atoms in total. The Bertz CT molecular complexity index is 2060. The number of fused-ring (bicyclic) bond motifs is 2. The number of unbranched alkanes of at least 4 members (excludes halogenated alkanes) is 2. The van der Waals surface area contributed by atoms with Gasteiger partial charge in [0.25, 0.3) is 0 Å². The van der Waals surface area contributed by atoms with Gasteiger partial charge in [0.1, 0.15) is 29.6 Å². The number of nitrogens with zero attached hydrogens (tertiary/aromatic N) is 1. The van der Waals surface area contributed by atoms with Crippen molar-refractivity contribution in [2.24, 2.45) is 22.9 Å². The molecule has 0 spiro atoms. The molecule has 0 saturated heterocycles. The number of aldehydes is 1. The zero-order valence-corrected chi connectivity index (χ0v) is 33.9. The molecule has 1 aliphatic heterocycles. The van der Waals surface area contributed by atoms with Crippen LogP contribution in [0.25, 0.3) is 0 Å². The first-order chi connectivity index (χ1) is 28.5. The van der Waals surface area contributed by atoms with E-state index in [1.54, 1.807) is 36.0 Å². The van der Waals surface area contributed by atoms with Crippen LogP contribution in [-0.2, 0) is 16.2 Å². The molecule has 0 bridgehead atoms. The van der Waals surface area contributed by atoms with Gasteiger partial charge in [0.05, 0.1) is 36.2 Å². The summed E-state index contributed by atoms with van der Waals surface area (Å²) in [6.07, 6.45) is 10.3. The van der Waals surface area contributed by atoms with E-state index in [2.05, 4.69) is 30.9 Å². The van der Waals surface area contributed by atoms with Gasteiger partial charge in [-0.3, -0.25) is 4.79 Å². The summed E-state index contributed by atoms with van der Waals surface area (Å²) in [5.41, 5.74) is 4.36. The molecule has 6 atom stereocenters. The summed E-state index contributed by atoms with van der Waals surface area (Å²) in [4.78, 5) is 19.2. The molecule has 3 aliphatic rings. The Hall–Kier alpha value is -4.87. The minimum Gasteiger partial charge on any atom is -0.496 e. The van der Waals surface area contributed by atoms with Gasteiger partial charge in [0.15, 0.2) is 6.29 Å². The number of hydrogen-bond donors (Lipinski definition) is 2. The van der Waals surface area contributed by atoms with Crippen LogP contribution in [0, 0.1) is 17.8 Å². The molecule has 58 heavy (non-hydrogen) atoms. The molecule has 0 amide bonds. The second-order valence-electron chi connectivity index (χ2n) is 15.1. The van der Waals surface area contributed by atoms with Crippen molar-refractivity contribution < 1.29 is 38.8 Å². The van der Waals surface area contributed by atoms with Crippen LogP contribution >= 0.6 is 11.8 Å². The number of thioether (sulfide) groups is 1. The number of oxime groups is 1. The maximum absolute atomic E-state index is 11.9. The van der Waals surface area contributed by atoms with E-state index in [4.69, 9.17) is 28.9 Å². The van der Waals surface area contributed by atoms with Crippen molar-refractivity contribution in [3.63, 3.8) is 0 Å². The van der Waals surface area contributed by atoms with Gasteiger partial charge >= 0.3 is 0 Å². The summed E-state index contributed by atoms with van der Waals surface area (Å²) in [7, 11) is 1.53. The lowest BCUT2D eigenvalue weighted by atomic mass is 9.56. The lowest BCUT2D eigenvalue weighted by Crippen LogP contribution is -2.64. The molecule has 2 N–H and O–H groups in total. The maximum atomic E-state index is 11.9. The highest BCUT2D eigenvalue weighted by Crippen LogP contribution is 2.63. The number of ether oxygens (including phenoxy) is 4. The summed E-state index contributed by atoms with van der Waals surface area (Å²) >= 11 is 1.73. The molecule has 2 aliphatic carbocycles. The van der Waals surface area contributed by atoms with E-state index in [0.29, 0.717) is 48.7 Å². The number of hydrogen-bond acceptors (Lipinski definition) is 10. The Balaban J connectivity index is 1.39. The molecule has 7 rings (SSSR count). The van der Waals surface area contributed by atoms with Crippen molar-refractivity contribution in [3.05, 3.63) is 138 Å². The Morgan fingerprint density at radius 3 is 2.36 bits per heavy atom. The molecule has 0 radical (unpaired) electrons. The van der Waals surface area contributed by atoms with E-state index in [9.17, 15) is 15.0 Å². The molecule has 1 heterocycles. The normalized spacial score (nSPS) is 23.8. The van der Waals surface area contributed by atoms with Gasteiger partial charge < -0.3 is 34.0 Å². The fourth-order valence-corrected chi connectivity index (χ4v) is 10.2. The number of rotatable bonds is 20. The minimum absolute atomic E-state index is 0.102. The Kier molecular flexibility index (Phi) is 14.0. The van der Waals surface area contributed by atoms with E-state index < -0.39 is 5.79 Å². The first-order valence-corrected chi connectivity index (χ1v) is 21.2. The van der Waals surface area contributed by atoms with Crippen LogP contribution < -0.4 is 14.2 Å². The number of aliphatic hydroxyl groups is 2. The van der Waals surface area contributed by atoms with Gasteiger partial charge in [-0.1, -0.05) is 78.7 Å². The molecule has 10 heteroatoms. The molecule has 6 unspecified atom stereocenters. The first kappa shape index (κ1) is 41.3. The second kappa shape index (κ2) is 19.7. The van der Waals surface area contributed by atoms with Crippen LogP contribution in [0.15, 0.2) is 131 Å². The van der Waals surface area contributed by atoms with E-state index in [0.717, 1.165) is 65.0 Å². The first-order valence-electron chi connectivity index (χ1n) is 20.3. The van der Waals surface area contributed by atoms with Crippen LogP contribution in [0.1, 0.15) is 72.3 Å². The van der Waals surface area contributed by atoms with Crippen LogP contribution in [0.2, 0.25) is 0 Å². The summed E-state index contributed by atoms with van der Waals surface area (Å²) in [6, 6.07) is 31.5. The SMILES string of the molecule is C=CCOC12Oc3ccc(Oc4ccc(OC)c(C=O)c4)cc3C3C(CCCCO)C(CCCCO)C=C(C(=NOCc4ccccc4)CC1Sc1ccccc1)C32. The van der Waals surface area contributed by atoms with Crippen LogP contribution in [-0.4, -0.2) is 60.2 Å². The summed E-state index contributed by atoms with van der Waals surface area (Å²) in [5.74, 6) is 1.09. The standard InChI is InChI=1S/C48H53NO8S/c1-3-26-54-48-45(58-38-17-8-5-9-18-38)30-42(49-55-32-33-14-6-4-7-15-33)40-28-34(16-10-12-24-50)39(19-11-13-25-51)46(47(40)48)41-29-37(21-23-44(41)57-48)56-36-20-22-43(53-2)35(27-36)31-52/h3-9,14-15,17-18,20-23,27-29,31,34,39,45-47,50-51H,1,10-13,16,19,24-26,30,32H2,2H3. The molecule has 0 aromatic heterocycles. The zero-order valence-electron chi connectivity index (χ0n) is 33.0. The van der Waals surface area contributed by atoms with Crippen molar-refractivity contribution in [2.45, 2.75) is 73.4 Å². The number of carbonyl (C=O) groups excluding carboxylic acids is 1. The third kappa shape index (κ3) is 9.05. The third-order valence-corrected chi connectivity index (χ3v) is 12.8. The van der Waals surface area contributed by atoms with Crippen molar-refractivity contribution in [2.75, 3.05) is 26.9 Å². The largest absolute Gasteiger partial charge is 0.496 e. The molecule has 4 aromatic carbocycles. The summed E-state index contributed by atoms with van der Waals surface area (Å²) < 4.78 is 26.2. The van der Waals surface area contributed by atoms with E-state index >= 15 is 0 Å². The monoisotopic (exact) mass is 803 g/mol. The second-order valence-corrected chi connectivity index (χ2v) is 16.3. The summed E-state index contributed by atoms with van der Waals surface area (Å²) in [6.45, 7) is 4.92. The Morgan fingerprint density at radius 1 is 0.914 bits per heavy atom. The lowest BCUT2D eigenvalue weighted by molar-refractivity contribution is -0.223. The van der Waals surface area contributed by atoms with Crippen molar-refractivity contribution >= 4 is 23.8 Å². The van der Waals surface area contributed by atoms with Gasteiger partial charge in [-0.15, -0.1) is 18.3 Å². The molecular formula is C48H53NO8S. The average Bonchev–Trinajstić information content (AvgIpc) is 3.25. The predicted octanol–water partition coefficient (Wildman–Crippen LogP) is 9.93. The maximum Gasteiger partial charge on any atom is 0.231 e. The van der Waals surface area contributed by atoms with Crippen LogP contribution in [0.4, 0.5) is 0 Å². The molecule has 304 valence electrons. The Morgan fingerprint density at radius 2 is 1.64 bits per heavy atom. The fraction of sp³-hybridized carbons (Fsp3) is 0.375. The molecule has 1 fully saturated rings. The van der Waals surface area contributed by atoms with Gasteiger partial charge in [-0.2, -0.15) is 0 Å². The zero-order chi connectivity index (χ0) is 40.3. The number of methoxy groups -OCH3 is 1. The third-order valence-electron chi connectivity index (χ3n) is 11.5. The predicted molar refractivity (Wildman–Crippen MR) is 227 cm³/mol. The molecule has 1 saturated carbocycles. The topological polar surface area (TPSA) is 116 Å². The quantitative estimate of drug-likeness (QED) is 0.0390. The van der Waals surface area contributed by atoms with Crippen LogP contribution in [0.5, 0.6) is 23.0 Å². The van der Waals surface area contributed by atoms with Gasteiger partial charge in [0, 0.05) is 36.0 Å². The van der Waals surface area contributed by atoms with Gasteiger partial charge in [-0.05, 0) is 97.2 Å². The Labute approximate surface area is 345 Å². The smallest absolute Gasteiger partial charge is 0.231 e. The van der Waals surface area contributed by atoms with Crippen molar-refractivity contribution in [1.82, 2.24) is 0 Å². The van der Waals surface area contributed by atoms with Crippen molar-refractivity contribution in [3.8, 4) is 23.0 Å². The highest BCUT2D eigenvalue weighted by molar-refractivity contribution is 8.00. The van der Waals surface area contributed by atoms with Crippen LogP contribution in [0.3, 0.4) is 0 Å². The highest BCUT2D eigenvalue weighted by Gasteiger charge is 2.64. The number of benzene rings is 4. The van der Waals surface area contributed by atoms with E-state index in [1.807, 2.05) is 60.7 Å². The average molecular weight is 804 g/mol. The number of aliphatic hydroxyl groups excluding tert-OH is 2. The summed E-state index contributed by atoms with van der Waals surface area (Å²) in [5, 5.41) is 24.5. The fourth-order valence-electron chi connectivity index (χ4n) is 8.91. The van der Waals surface area contributed by atoms with Gasteiger partial charge in [-0.25, -0.2) is 0 Å². The molecular weight excluding hydrogens is 751 g/mol. The molecule has 4 aromatic rings. The van der Waals surface area contributed by atoms with E-state index in [1.165, 1.54) is 7.11 Å². The van der Waals surface area contributed by atoms with Gasteiger partial charge in [0.2, 0.25) is 5.79 Å². The van der Waals surface area contributed by atoms with Crippen molar-refractivity contribution in [1.29, 1.82) is 0 Å². The van der Waals surface area contributed by atoms with E-state index in [-0.39, 0.29) is 48.7 Å². The number of carbonyl (C=O) groups is 1. The number of allylic oxidation sites excluding steroid dienone is 1. The highest BCUT2D eigenvalue weighted by atomic mass is 32.2. The minimum atomic E-state index is -1.11. The lowest BCUT2D eigenvalue weighted by Gasteiger charge is -2.58.